The van der Waals surface area contributed by atoms with Crippen molar-refractivity contribution in [1.82, 2.24) is 15.5 Å². The van der Waals surface area contributed by atoms with Crippen molar-refractivity contribution in [3.8, 4) is 0 Å². The molecule has 2 aliphatic rings. The maximum atomic E-state index is 11.6. The Hall–Kier alpha value is -1.14. The predicted molar refractivity (Wildman–Crippen MR) is 83.4 cm³/mol. The average molecular weight is 335 g/mol. The maximum Gasteiger partial charge on any atom is 0.334 e. The highest BCUT2D eigenvalue weighted by Gasteiger charge is 2.37. The molecule has 0 aromatic carbocycles. The zero-order chi connectivity index (χ0) is 15.6. The van der Waals surface area contributed by atoms with Crippen LogP contribution in [0.15, 0.2) is 21.7 Å². The summed E-state index contributed by atoms with van der Waals surface area (Å²) in [4.78, 5) is 13.1. The minimum absolute atomic E-state index is 0.0645. The lowest BCUT2D eigenvalue weighted by Gasteiger charge is -2.41. The van der Waals surface area contributed by atoms with Gasteiger partial charge in [0, 0.05) is 25.2 Å². The van der Waals surface area contributed by atoms with Gasteiger partial charge in [-0.2, -0.15) is 0 Å². The number of halogens is 2. The second-order valence-electron chi connectivity index (χ2n) is 5.48. The third-order valence-electron chi connectivity index (χ3n) is 4.00. The normalized spacial score (nSPS) is 25.1. The van der Waals surface area contributed by atoms with Crippen LogP contribution in [-0.2, 0) is 0 Å². The largest absolute Gasteiger partial charge is 0.364 e. The molecule has 2 atom stereocenters. The van der Waals surface area contributed by atoms with Crippen LogP contribution in [0.25, 0.3) is 0 Å². The molecule has 2 aliphatic heterocycles. The molecule has 2 N–H and O–H groups in total. The van der Waals surface area contributed by atoms with E-state index in [0.717, 1.165) is 19.3 Å². The van der Waals surface area contributed by atoms with E-state index in [4.69, 9.17) is 23.2 Å². The fourth-order valence-corrected chi connectivity index (χ4v) is 3.45. The van der Waals surface area contributed by atoms with Crippen molar-refractivity contribution in [2.24, 2.45) is 0 Å². The number of hydrogen-bond acceptors (Lipinski definition) is 5. The Kier molecular flexibility index (Phi) is 5.22. The van der Waals surface area contributed by atoms with E-state index in [1.165, 1.54) is 0 Å². The van der Waals surface area contributed by atoms with Gasteiger partial charge >= 0.3 is 5.70 Å². The molecule has 2 heterocycles. The molecule has 6 nitrogen and oxygen atoms in total. The van der Waals surface area contributed by atoms with Crippen LogP contribution in [0.2, 0.25) is 0 Å². The lowest BCUT2D eigenvalue weighted by atomic mass is 9.96. The molecule has 0 aliphatic carbocycles. The lowest BCUT2D eigenvalue weighted by Crippen LogP contribution is -2.44. The number of rotatable bonds is 3. The van der Waals surface area contributed by atoms with E-state index in [9.17, 15) is 10.1 Å². The maximum absolute atomic E-state index is 11.6. The Morgan fingerprint density at radius 3 is 2.19 bits per heavy atom. The summed E-state index contributed by atoms with van der Waals surface area (Å²) < 4.78 is -0.0645. The summed E-state index contributed by atoms with van der Waals surface area (Å²) >= 11 is 12.1. The van der Waals surface area contributed by atoms with Crippen molar-refractivity contribution in [1.29, 1.82) is 0 Å². The van der Waals surface area contributed by atoms with E-state index in [0.29, 0.717) is 24.6 Å². The zero-order valence-corrected chi connectivity index (χ0v) is 13.7. The molecule has 2 rings (SSSR count). The summed E-state index contributed by atoms with van der Waals surface area (Å²) in [6.07, 6.45) is 3.04. The third kappa shape index (κ3) is 3.37. The van der Waals surface area contributed by atoms with Crippen LogP contribution in [-0.4, -0.2) is 35.0 Å². The monoisotopic (exact) mass is 334 g/mol. The molecule has 2 saturated heterocycles. The second kappa shape index (κ2) is 6.75. The number of nitrogens with one attached hydrogen (secondary N) is 2. The Morgan fingerprint density at radius 2 is 1.76 bits per heavy atom. The van der Waals surface area contributed by atoms with Gasteiger partial charge in [0.05, 0.1) is 4.92 Å². The first-order valence-corrected chi connectivity index (χ1v) is 7.89. The minimum Gasteiger partial charge on any atom is -0.364 e. The fraction of sp³-hybridized carbons (Fsp3) is 0.692. The van der Waals surface area contributed by atoms with Crippen LogP contribution in [0.1, 0.15) is 33.1 Å². The predicted octanol–water partition coefficient (Wildman–Crippen LogP) is 2.53. The van der Waals surface area contributed by atoms with Gasteiger partial charge in [-0.25, -0.2) is 0 Å². The number of piperidine rings is 1. The molecule has 0 radical (unpaired) electrons. The third-order valence-corrected chi connectivity index (χ3v) is 4.36. The first-order valence-electron chi connectivity index (χ1n) is 7.14. The van der Waals surface area contributed by atoms with Crippen molar-refractivity contribution in [3.05, 3.63) is 31.8 Å². The van der Waals surface area contributed by atoms with E-state index < -0.39 is 4.92 Å². The smallest absolute Gasteiger partial charge is 0.334 e. The van der Waals surface area contributed by atoms with Gasteiger partial charge in [-0.15, -0.1) is 0 Å². The van der Waals surface area contributed by atoms with Gasteiger partial charge in [0.2, 0.25) is 0 Å². The quantitative estimate of drug-likeness (QED) is 0.613. The zero-order valence-electron chi connectivity index (χ0n) is 12.2. The summed E-state index contributed by atoms with van der Waals surface area (Å²) in [5, 5.41) is 17.6. The summed E-state index contributed by atoms with van der Waals surface area (Å²) in [7, 11) is 0. The molecule has 0 aromatic heterocycles. The SMILES string of the molecule is C[C@@H]1CCC[C@H](C)N1C(=C(Cl)Cl)C(=C1NCCN1)[N+](=O)[O-]. The van der Waals surface area contributed by atoms with Gasteiger partial charge in [0.1, 0.15) is 4.49 Å². The van der Waals surface area contributed by atoms with Gasteiger partial charge in [-0.05, 0) is 33.1 Å². The highest BCUT2D eigenvalue weighted by molar-refractivity contribution is 6.56. The molecular weight excluding hydrogens is 315 g/mol. The average Bonchev–Trinajstić information content (AvgIpc) is 2.90. The molecule has 0 bridgehead atoms. The van der Waals surface area contributed by atoms with Crippen molar-refractivity contribution < 1.29 is 4.92 Å². The van der Waals surface area contributed by atoms with Gasteiger partial charge in [0.15, 0.2) is 11.5 Å². The molecule has 0 aromatic rings. The Bertz CT molecular complexity index is 471. The van der Waals surface area contributed by atoms with Crippen LogP contribution in [0.5, 0.6) is 0 Å². The van der Waals surface area contributed by atoms with Crippen molar-refractivity contribution in [3.63, 3.8) is 0 Å². The van der Waals surface area contributed by atoms with Crippen LogP contribution >= 0.6 is 23.2 Å². The van der Waals surface area contributed by atoms with Gasteiger partial charge in [-0.1, -0.05) is 23.2 Å². The first kappa shape index (κ1) is 16.2. The van der Waals surface area contributed by atoms with Crippen molar-refractivity contribution in [2.75, 3.05) is 13.1 Å². The molecule has 8 heteroatoms. The topological polar surface area (TPSA) is 70.4 Å². The molecule has 118 valence electrons. The molecule has 0 spiro atoms. The Labute approximate surface area is 134 Å². The van der Waals surface area contributed by atoms with E-state index >= 15 is 0 Å². The van der Waals surface area contributed by atoms with E-state index in [-0.39, 0.29) is 22.3 Å². The number of hydrogen-bond donors (Lipinski definition) is 2. The summed E-state index contributed by atoms with van der Waals surface area (Å²) in [6, 6.07) is 0.321. The van der Waals surface area contributed by atoms with Crippen molar-refractivity contribution >= 4 is 23.2 Å². The van der Waals surface area contributed by atoms with Crippen LogP contribution in [0.3, 0.4) is 0 Å². The summed E-state index contributed by atoms with van der Waals surface area (Å²) in [5.74, 6) is 0.388. The Morgan fingerprint density at radius 1 is 1.24 bits per heavy atom. The minimum atomic E-state index is -0.422. The molecule has 21 heavy (non-hydrogen) atoms. The second-order valence-corrected chi connectivity index (χ2v) is 6.43. The fourth-order valence-electron chi connectivity index (χ4n) is 3.07. The van der Waals surface area contributed by atoms with E-state index in [1.54, 1.807) is 0 Å². The Balaban J connectivity index is 2.49. The standard InChI is InChI=1S/C13H20Cl2N4O2/c1-8-4-3-5-9(2)18(8)10(12(14)15)11(19(20)21)13-16-6-7-17-13/h8-9,16-17H,3-7H2,1-2H3/t8-,9+. The molecular formula is C13H20Cl2N4O2. The molecule has 0 unspecified atom stereocenters. The lowest BCUT2D eigenvalue weighted by molar-refractivity contribution is -0.424. The highest BCUT2D eigenvalue weighted by atomic mass is 35.5. The van der Waals surface area contributed by atoms with E-state index in [1.807, 2.05) is 18.7 Å². The van der Waals surface area contributed by atoms with Gasteiger partial charge in [-0.3, -0.25) is 10.1 Å². The molecule has 0 amide bonds. The first-order chi connectivity index (χ1) is 9.93. The summed E-state index contributed by atoms with van der Waals surface area (Å²) in [5.41, 5.74) is 0.230. The van der Waals surface area contributed by atoms with Gasteiger partial charge < -0.3 is 15.5 Å². The number of nitrogens with zero attached hydrogens (tertiary/aromatic N) is 2. The summed E-state index contributed by atoms with van der Waals surface area (Å²) in [6.45, 7) is 5.38. The van der Waals surface area contributed by atoms with Gasteiger partial charge in [0.25, 0.3) is 0 Å². The molecule has 0 saturated carbocycles. The van der Waals surface area contributed by atoms with Crippen LogP contribution < -0.4 is 10.6 Å². The van der Waals surface area contributed by atoms with Crippen LogP contribution in [0, 0.1) is 10.1 Å². The van der Waals surface area contributed by atoms with Crippen molar-refractivity contribution in [2.45, 2.75) is 45.2 Å². The number of nitro groups is 1. The highest BCUT2D eigenvalue weighted by Crippen LogP contribution is 2.35. The number of likely N-dealkylation sites (tertiary alicyclic amines) is 1. The van der Waals surface area contributed by atoms with Crippen LogP contribution in [0.4, 0.5) is 0 Å². The molecule has 2 fully saturated rings. The van der Waals surface area contributed by atoms with E-state index in [2.05, 4.69) is 10.6 Å².